The van der Waals surface area contributed by atoms with Crippen LogP contribution in [-0.2, 0) is 12.8 Å². The molecule has 1 aromatic heterocycles. The summed E-state index contributed by atoms with van der Waals surface area (Å²) < 4.78 is 0. The monoisotopic (exact) mass is 261 g/mol. The zero-order valence-corrected chi connectivity index (χ0v) is 10.8. The van der Waals surface area contributed by atoms with Crippen molar-refractivity contribution < 1.29 is 0 Å². The molecule has 3 nitrogen and oxygen atoms in total. The lowest BCUT2D eigenvalue weighted by atomic mass is 10.0. The minimum atomic E-state index is 0.160. The predicted octanol–water partition coefficient (Wildman–Crippen LogP) is 2.35. The highest BCUT2D eigenvalue weighted by Gasteiger charge is 2.10. The second kappa shape index (κ2) is 6.50. The molecule has 1 heterocycles. The van der Waals surface area contributed by atoms with Gasteiger partial charge in [0.25, 0.3) is 0 Å². The maximum absolute atomic E-state index is 6.10. The Bertz CT molecular complexity index is 487. The highest BCUT2D eigenvalue weighted by molar-refractivity contribution is 6.31. The lowest BCUT2D eigenvalue weighted by molar-refractivity contribution is 0.522. The molecule has 3 N–H and O–H groups in total. The van der Waals surface area contributed by atoms with Crippen molar-refractivity contribution in [3.63, 3.8) is 0 Å². The summed E-state index contributed by atoms with van der Waals surface area (Å²) in [7, 11) is 0. The Balaban J connectivity index is 2.04. The number of nitrogens with zero attached hydrogens (tertiary/aromatic N) is 1. The zero-order valence-electron chi connectivity index (χ0n) is 10.0. The average Bonchev–Trinajstić information content (AvgIpc) is 2.41. The minimum Gasteiger partial charge on any atom is -0.271 e. The van der Waals surface area contributed by atoms with E-state index in [4.69, 9.17) is 17.4 Å². The molecule has 0 fully saturated rings. The first-order valence-corrected chi connectivity index (χ1v) is 6.26. The third-order valence-corrected chi connectivity index (χ3v) is 3.22. The van der Waals surface area contributed by atoms with E-state index < -0.39 is 0 Å². The number of pyridine rings is 1. The van der Waals surface area contributed by atoms with E-state index in [2.05, 4.69) is 22.5 Å². The quantitative estimate of drug-likeness (QED) is 0.642. The molecule has 4 heteroatoms. The van der Waals surface area contributed by atoms with Crippen LogP contribution in [0.1, 0.15) is 11.1 Å². The van der Waals surface area contributed by atoms with Crippen LogP contribution in [0.2, 0.25) is 5.02 Å². The Morgan fingerprint density at radius 3 is 2.61 bits per heavy atom. The van der Waals surface area contributed by atoms with Crippen LogP contribution in [0, 0.1) is 0 Å². The summed E-state index contributed by atoms with van der Waals surface area (Å²) in [4.78, 5) is 3.98. The van der Waals surface area contributed by atoms with Crippen molar-refractivity contribution in [1.29, 1.82) is 0 Å². The third-order valence-electron chi connectivity index (χ3n) is 2.88. The van der Waals surface area contributed by atoms with Gasteiger partial charge in [-0.3, -0.25) is 16.3 Å². The zero-order chi connectivity index (χ0) is 12.8. The lowest BCUT2D eigenvalue weighted by Gasteiger charge is -2.16. The molecular weight excluding hydrogens is 246 g/mol. The van der Waals surface area contributed by atoms with E-state index in [-0.39, 0.29) is 6.04 Å². The van der Waals surface area contributed by atoms with Gasteiger partial charge in [0.15, 0.2) is 0 Å². The molecule has 0 aliphatic rings. The molecule has 0 spiro atoms. The van der Waals surface area contributed by atoms with E-state index in [0.717, 1.165) is 18.4 Å². The Morgan fingerprint density at radius 1 is 1.17 bits per heavy atom. The van der Waals surface area contributed by atoms with Gasteiger partial charge in [-0.2, -0.15) is 0 Å². The maximum atomic E-state index is 6.10. The van der Waals surface area contributed by atoms with Gasteiger partial charge in [0.2, 0.25) is 0 Å². The first-order chi connectivity index (χ1) is 8.79. The number of nitrogens with one attached hydrogen (secondary N) is 1. The fourth-order valence-corrected chi connectivity index (χ4v) is 2.12. The molecule has 0 saturated heterocycles. The lowest BCUT2D eigenvalue weighted by Crippen LogP contribution is -2.38. The van der Waals surface area contributed by atoms with Crippen LogP contribution in [0.4, 0.5) is 0 Å². The number of rotatable bonds is 5. The Labute approximate surface area is 112 Å². The fraction of sp³-hybridized carbons (Fsp3) is 0.214. The smallest absolute Gasteiger partial charge is 0.0621 e. The molecule has 1 unspecified atom stereocenters. The molecule has 2 aromatic rings. The van der Waals surface area contributed by atoms with Crippen LogP contribution in [0.15, 0.2) is 48.8 Å². The molecular formula is C14H16ClN3. The number of benzene rings is 1. The molecule has 0 radical (unpaired) electrons. The first kappa shape index (κ1) is 13.0. The minimum absolute atomic E-state index is 0.160. The van der Waals surface area contributed by atoms with Crippen LogP contribution in [-0.4, -0.2) is 11.0 Å². The largest absolute Gasteiger partial charge is 0.271 e. The van der Waals surface area contributed by atoms with Crippen LogP contribution in [0.3, 0.4) is 0 Å². The van der Waals surface area contributed by atoms with E-state index in [0.29, 0.717) is 5.02 Å². The summed E-state index contributed by atoms with van der Waals surface area (Å²) in [6.07, 6.45) is 5.06. The number of nitrogens with two attached hydrogens (primary N) is 1. The van der Waals surface area contributed by atoms with Gasteiger partial charge in [0.1, 0.15) is 0 Å². The topological polar surface area (TPSA) is 50.9 Å². The Hall–Kier alpha value is -1.42. The Morgan fingerprint density at radius 2 is 1.94 bits per heavy atom. The predicted molar refractivity (Wildman–Crippen MR) is 74.2 cm³/mol. The van der Waals surface area contributed by atoms with Crippen molar-refractivity contribution in [3.05, 3.63) is 64.9 Å². The first-order valence-electron chi connectivity index (χ1n) is 5.88. The van der Waals surface area contributed by atoms with Crippen molar-refractivity contribution in [2.45, 2.75) is 18.9 Å². The van der Waals surface area contributed by atoms with Crippen molar-refractivity contribution in [2.75, 3.05) is 0 Å². The van der Waals surface area contributed by atoms with Gasteiger partial charge in [0.05, 0.1) is 5.02 Å². The summed E-state index contributed by atoms with van der Waals surface area (Å²) in [6, 6.07) is 12.3. The van der Waals surface area contributed by atoms with Gasteiger partial charge in [0, 0.05) is 18.4 Å². The molecule has 1 aromatic carbocycles. The highest BCUT2D eigenvalue weighted by Crippen LogP contribution is 2.16. The molecule has 0 amide bonds. The maximum Gasteiger partial charge on any atom is 0.0621 e. The van der Waals surface area contributed by atoms with Crippen molar-refractivity contribution in [2.24, 2.45) is 5.84 Å². The summed E-state index contributed by atoms with van der Waals surface area (Å²) in [5, 5.41) is 0.686. The Kier molecular flexibility index (Phi) is 4.70. The van der Waals surface area contributed by atoms with Crippen molar-refractivity contribution in [1.82, 2.24) is 10.4 Å². The van der Waals surface area contributed by atoms with E-state index in [9.17, 15) is 0 Å². The third kappa shape index (κ3) is 3.53. The molecule has 0 aliphatic carbocycles. The fourth-order valence-electron chi connectivity index (χ4n) is 1.92. The van der Waals surface area contributed by atoms with E-state index in [1.807, 2.05) is 24.3 Å². The molecule has 18 heavy (non-hydrogen) atoms. The molecule has 0 aliphatic heterocycles. The SMILES string of the molecule is NNC(Cc1ccccc1)Cc1ccncc1Cl. The van der Waals surface area contributed by atoms with Gasteiger partial charge < -0.3 is 0 Å². The van der Waals surface area contributed by atoms with E-state index in [1.165, 1.54) is 5.56 Å². The molecule has 94 valence electrons. The molecule has 2 rings (SSSR count). The average molecular weight is 262 g/mol. The molecule has 0 bridgehead atoms. The standard InChI is InChI=1S/C14H16ClN3/c15-14-10-17-7-6-12(14)9-13(18-16)8-11-4-2-1-3-5-11/h1-7,10,13,18H,8-9,16H2. The van der Waals surface area contributed by atoms with E-state index in [1.54, 1.807) is 12.4 Å². The summed E-state index contributed by atoms with van der Waals surface area (Å²) in [5.74, 6) is 5.61. The van der Waals surface area contributed by atoms with Crippen molar-refractivity contribution in [3.8, 4) is 0 Å². The molecule has 0 saturated carbocycles. The van der Waals surface area contributed by atoms with Crippen LogP contribution in [0.25, 0.3) is 0 Å². The summed E-state index contributed by atoms with van der Waals surface area (Å²) in [5.41, 5.74) is 5.16. The number of hydrazine groups is 1. The van der Waals surface area contributed by atoms with Gasteiger partial charge >= 0.3 is 0 Å². The van der Waals surface area contributed by atoms with Crippen molar-refractivity contribution >= 4 is 11.6 Å². The molecule has 1 atom stereocenters. The van der Waals surface area contributed by atoms with Gasteiger partial charge in [-0.15, -0.1) is 0 Å². The van der Waals surface area contributed by atoms with Crippen LogP contribution < -0.4 is 11.3 Å². The number of aromatic nitrogens is 1. The number of halogens is 1. The van der Waals surface area contributed by atoms with Gasteiger partial charge in [-0.1, -0.05) is 41.9 Å². The second-order valence-electron chi connectivity index (χ2n) is 4.22. The second-order valence-corrected chi connectivity index (χ2v) is 4.63. The van der Waals surface area contributed by atoms with E-state index >= 15 is 0 Å². The highest BCUT2D eigenvalue weighted by atomic mass is 35.5. The summed E-state index contributed by atoms with van der Waals surface area (Å²) in [6.45, 7) is 0. The summed E-state index contributed by atoms with van der Waals surface area (Å²) >= 11 is 6.10. The van der Waals surface area contributed by atoms with Gasteiger partial charge in [-0.05, 0) is 30.0 Å². The normalized spacial score (nSPS) is 12.3. The van der Waals surface area contributed by atoms with Gasteiger partial charge in [-0.25, -0.2) is 0 Å². The van der Waals surface area contributed by atoms with Crippen LogP contribution in [0.5, 0.6) is 0 Å². The number of hydrogen-bond donors (Lipinski definition) is 2. The van der Waals surface area contributed by atoms with Crippen LogP contribution >= 0.6 is 11.6 Å². The number of hydrogen-bond acceptors (Lipinski definition) is 3.